The normalized spacial score (nSPS) is 10.1. The molecule has 0 N–H and O–H groups in total. The van der Waals surface area contributed by atoms with Crippen LogP contribution in [-0.4, -0.2) is 20.4 Å². The van der Waals surface area contributed by atoms with Crippen LogP contribution in [0.15, 0.2) is 42.5 Å². The summed E-state index contributed by atoms with van der Waals surface area (Å²) in [6.07, 6.45) is 0.752. The van der Waals surface area contributed by atoms with E-state index in [2.05, 4.69) is 0 Å². The van der Waals surface area contributed by atoms with Crippen molar-refractivity contribution in [3.8, 4) is 11.5 Å². The highest BCUT2D eigenvalue weighted by molar-refractivity contribution is 6.32. The maximum Gasteiger partial charge on any atom is 0.150 e. The summed E-state index contributed by atoms with van der Waals surface area (Å²) in [4.78, 5) is 12.6. The first kappa shape index (κ1) is 13.4. The molecule has 0 saturated carbocycles. The molecule has 3 nitrogen and oxygen atoms in total. The summed E-state index contributed by atoms with van der Waals surface area (Å²) in [5.74, 6) is 1.23. The molecule has 0 aliphatic rings. The predicted octanol–water partition coefficient (Wildman–Crippen LogP) is 4.01. The topological polar surface area (TPSA) is 29.5 Å². The van der Waals surface area contributed by atoms with E-state index in [1.807, 2.05) is 43.3 Å². The molecule has 0 aliphatic carbocycles. The van der Waals surface area contributed by atoms with Crippen LogP contribution in [0.5, 0.6) is 11.5 Å². The molecule has 0 amide bonds. The van der Waals surface area contributed by atoms with Crippen molar-refractivity contribution in [3.63, 3.8) is 0 Å². The van der Waals surface area contributed by atoms with Gasteiger partial charge in [0.15, 0.2) is 0 Å². The Morgan fingerprint density at radius 3 is 2.58 bits per heavy atom. The van der Waals surface area contributed by atoms with Crippen LogP contribution in [0.4, 0.5) is 5.69 Å². The lowest BCUT2D eigenvalue weighted by atomic mass is 10.2. The molecule has 2 aromatic rings. The Morgan fingerprint density at radius 1 is 1.16 bits per heavy atom. The molecule has 0 bridgehead atoms. The van der Waals surface area contributed by atoms with Gasteiger partial charge in [0.25, 0.3) is 0 Å². The molecule has 0 spiro atoms. The van der Waals surface area contributed by atoms with Gasteiger partial charge in [0.2, 0.25) is 0 Å². The number of hydrogen-bond acceptors (Lipinski definition) is 3. The van der Waals surface area contributed by atoms with Crippen LogP contribution in [-0.2, 0) is 0 Å². The molecule has 19 heavy (non-hydrogen) atoms. The Balaban J connectivity index is 2.26. The first-order chi connectivity index (χ1) is 9.10. The molecule has 0 radical (unpaired) electrons. The van der Waals surface area contributed by atoms with Gasteiger partial charge in [-0.15, -0.1) is 0 Å². The number of hydrogen-bond donors (Lipinski definition) is 0. The Hall–Kier alpha value is -2.00. The summed E-state index contributed by atoms with van der Waals surface area (Å²) in [7, 11) is 3.93. The first-order valence-electron chi connectivity index (χ1n) is 5.80. The summed E-state index contributed by atoms with van der Waals surface area (Å²) in [6.45, 7) is 0. The molecule has 2 rings (SSSR count). The zero-order chi connectivity index (χ0) is 13.8. The molecule has 4 heteroatoms. The van der Waals surface area contributed by atoms with Crippen molar-refractivity contribution >= 4 is 23.6 Å². The molecule has 0 atom stereocenters. The van der Waals surface area contributed by atoms with Gasteiger partial charge in [0.1, 0.15) is 17.8 Å². The maximum absolute atomic E-state index is 10.6. The van der Waals surface area contributed by atoms with Gasteiger partial charge < -0.3 is 9.64 Å². The number of carbonyl (C=O) groups is 1. The lowest BCUT2D eigenvalue weighted by molar-refractivity contribution is 0.112. The van der Waals surface area contributed by atoms with Crippen LogP contribution >= 0.6 is 11.6 Å². The van der Waals surface area contributed by atoms with Crippen molar-refractivity contribution in [3.05, 3.63) is 53.1 Å². The van der Waals surface area contributed by atoms with Crippen molar-refractivity contribution in [2.75, 3.05) is 19.0 Å². The van der Waals surface area contributed by atoms with E-state index >= 15 is 0 Å². The van der Waals surface area contributed by atoms with Crippen molar-refractivity contribution in [1.82, 2.24) is 0 Å². The smallest absolute Gasteiger partial charge is 0.150 e. The minimum Gasteiger partial charge on any atom is -0.456 e. The van der Waals surface area contributed by atoms with E-state index in [0.29, 0.717) is 22.1 Å². The fraction of sp³-hybridized carbons (Fsp3) is 0.133. The largest absolute Gasteiger partial charge is 0.456 e. The molecular formula is C15H14ClNO2. The molecular weight excluding hydrogens is 262 g/mol. The Morgan fingerprint density at radius 2 is 1.95 bits per heavy atom. The van der Waals surface area contributed by atoms with Gasteiger partial charge >= 0.3 is 0 Å². The summed E-state index contributed by atoms with van der Waals surface area (Å²) in [6, 6.07) is 12.6. The van der Waals surface area contributed by atoms with E-state index in [9.17, 15) is 4.79 Å². The zero-order valence-corrected chi connectivity index (χ0v) is 11.5. The highest BCUT2D eigenvalue weighted by atomic mass is 35.5. The maximum atomic E-state index is 10.6. The van der Waals surface area contributed by atoms with Crippen LogP contribution in [0.25, 0.3) is 0 Å². The third-order valence-electron chi connectivity index (χ3n) is 2.65. The molecule has 2 aromatic carbocycles. The quantitative estimate of drug-likeness (QED) is 0.790. The summed E-state index contributed by atoms with van der Waals surface area (Å²) >= 11 is 6.07. The average molecular weight is 276 g/mol. The molecule has 0 heterocycles. The van der Waals surface area contributed by atoms with E-state index in [1.165, 1.54) is 0 Å². The van der Waals surface area contributed by atoms with Crippen LogP contribution in [0, 0.1) is 0 Å². The number of anilines is 1. The fourth-order valence-electron chi connectivity index (χ4n) is 1.63. The second kappa shape index (κ2) is 5.76. The molecule has 0 aromatic heterocycles. The summed E-state index contributed by atoms with van der Waals surface area (Å²) in [5, 5.41) is 0.417. The van der Waals surface area contributed by atoms with Crippen molar-refractivity contribution in [2.45, 2.75) is 0 Å². The number of ether oxygens (including phenoxy) is 1. The standard InChI is InChI=1S/C15H14ClNO2/c1-17(2)12-4-3-5-13(9-12)19-15-7-6-11(10-18)8-14(15)16/h3-10H,1-2H3. The lowest BCUT2D eigenvalue weighted by Gasteiger charge is -2.14. The van der Waals surface area contributed by atoms with Gasteiger partial charge in [0, 0.05) is 31.4 Å². The summed E-state index contributed by atoms with van der Waals surface area (Å²) in [5.41, 5.74) is 1.57. The van der Waals surface area contributed by atoms with Crippen molar-refractivity contribution < 1.29 is 9.53 Å². The second-order valence-electron chi connectivity index (χ2n) is 4.30. The van der Waals surface area contributed by atoms with E-state index in [-0.39, 0.29) is 0 Å². The fourth-order valence-corrected chi connectivity index (χ4v) is 1.85. The van der Waals surface area contributed by atoms with Gasteiger partial charge in [0.05, 0.1) is 5.02 Å². The van der Waals surface area contributed by atoms with E-state index in [1.54, 1.807) is 18.2 Å². The lowest BCUT2D eigenvalue weighted by Crippen LogP contribution is -2.08. The number of benzene rings is 2. The third-order valence-corrected chi connectivity index (χ3v) is 2.95. The number of halogens is 1. The second-order valence-corrected chi connectivity index (χ2v) is 4.71. The molecule has 0 aliphatic heterocycles. The van der Waals surface area contributed by atoms with Crippen LogP contribution in [0.2, 0.25) is 5.02 Å². The number of carbonyl (C=O) groups excluding carboxylic acids is 1. The molecule has 0 saturated heterocycles. The minimum absolute atomic E-state index is 0.417. The molecule has 98 valence electrons. The number of nitrogens with zero attached hydrogens (tertiary/aromatic N) is 1. The van der Waals surface area contributed by atoms with Gasteiger partial charge in [-0.25, -0.2) is 0 Å². The Kier molecular flexibility index (Phi) is 4.07. The monoisotopic (exact) mass is 275 g/mol. The van der Waals surface area contributed by atoms with Crippen LogP contribution in [0.3, 0.4) is 0 Å². The van der Waals surface area contributed by atoms with Crippen LogP contribution in [0.1, 0.15) is 10.4 Å². The van der Waals surface area contributed by atoms with Gasteiger partial charge in [-0.2, -0.15) is 0 Å². The number of rotatable bonds is 4. The Bertz CT molecular complexity index is 596. The predicted molar refractivity (Wildman–Crippen MR) is 77.7 cm³/mol. The third kappa shape index (κ3) is 3.26. The average Bonchev–Trinajstić information content (AvgIpc) is 2.41. The highest BCUT2D eigenvalue weighted by Crippen LogP contribution is 2.31. The van der Waals surface area contributed by atoms with E-state index in [4.69, 9.17) is 16.3 Å². The molecule has 0 unspecified atom stereocenters. The van der Waals surface area contributed by atoms with E-state index in [0.717, 1.165) is 12.0 Å². The zero-order valence-electron chi connectivity index (χ0n) is 10.8. The minimum atomic E-state index is 0.417. The van der Waals surface area contributed by atoms with Crippen molar-refractivity contribution in [2.24, 2.45) is 0 Å². The van der Waals surface area contributed by atoms with Crippen molar-refractivity contribution in [1.29, 1.82) is 0 Å². The highest BCUT2D eigenvalue weighted by Gasteiger charge is 2.05. The Labute approximate surface area is 117 Å². The van der Waals surface area contributed by atoms with Gasteiger partial charge in [-0.1, -0.05) is 17.7 Å². The van der Waals surface area contributed by atoms with Gasteiger partial charge in [-0.05, 0) is 30.3 Å². The summed E-state index contributed by atoms with van der Waals surface area (Å²) < 4.78 is 5.72. The molecule has 0 fully saturated rings. The van der Waals surface area contributed by atoms with Crippen LogP contribution < -0.4 is 9.64 Å². The first-order valence-corrected chi connectivity index (χ1v) is 6.18. The van der Waals surface area contributed by atoms with Gasteiger partial charge in [-0.3, -0.25) is 4.79 Å². The van der Waals surface area contributed by atoms with E-state index < -0.39 is 0 Å². The number of aldehydes is 1. The SMILES string of the molecule is CN(C)c1cccc(Oc2ccc(C=O)cc2Cl)c1.